The molecule has 0 saturated heterocycles. The highest BCUT2D eigenvalue weighted by Crippen LogP contribution is 2.25. The van der Waals surface area contributed by atoms with Crippen LogP contribution in [0.2, 0.25) is 5.02 Å². The molecule has 0 aliphatic rings. The van der Waals surface area contributed by atoms with Crippen LogP contribution in [0.5, 0.6) is 0 Å². The average Bonchev–Trinajstić information content (AvgIpc) is 2.66. The van der Waals surface area contributed by atoms with Crippen LogP contribution >= 0.6 is 11.6 Å². The quantitative estimate of drug-likeness (QED) is 0.891. The monoisotopic (exact) mass is 300 g/mol. The number of rotatable bonds is 5. The number of fused-ring (bicyclic) bond motifs is 1. The molecule has 0 saturated carbocycles. The third-order valence-corrected chi connectivity index (χ3v) is 4.80. The number of aryl methyl sites for hydroxylation is 1. The van der Waals surface area contributed by atoms with Crippen LogP contribution in [-0.2, 0) is 16.4 Å². The molecular formula is C13H17ClN2O2S. The Balaban J connectivity index is 2.21. The van der Waals surface area contributed by atoms with E-state index >= 15 is 0 Å². The predicted octanol–water partition coefficient (Wildman–Crippen LogP) is 2.61. The van der Waals surface area contributed by atoms with Crippen LogP contribution in [0.1, 0.15) is 18.2 Å². The standard InChI is InChI=1S/C13H17ClN2O2S/c1-3-19(17,18)15-7-6-11-9(2)16-13-5-4-10(14)8-12(11)13/h4-5,8,15-16H,3,6-7H2,1-2H3. The van der Waals surface area contributed by atoms with E-state index in [0.29, 0.717) is 18.0 Å². The van der Waals surface area contributed by atoms with E-state index in [-0.39, 0.29) is 5.75 Å². The summed E-state index contributed by atoms with van der Waals surface area (Å²) in [5, 5.41) is 1.74. The Morgan fingerprint density at radius 1 is 1.37 bits per heavy atom. The lowest BCUT2D eigenvalue weighted by molar-refractivity contribution is 0.583. The first kappa shape index (κ1) is 14.4. The topological polar surface area (TPSA) is 62.0 Å². The largest absolute Gasteiger partial charge is 0.358 e. The number of sulfonamides is 1. The molecular weight excluding hydrogens is 284 g/mol. The van der Waals surface area contributed by atoms with Crippen molar-refractivity contribution in [2.45, 2.75) is 20.3 Å². The molecule has 0 aliphatic heterocycles. The molecule has 0 bridgehead atoms. The van der Waals surface area contributed by atoms with Crippen molar-refractivity contribution in [3.05, 3.63) is 34.5 Å². The molecule has 1 aromatic heterocycles. The minimum Gasteiger partial charge on any atom is -0.358 e. The van der Waals surface area contributed by atoms with Crippen molar-refractivity contribution in [1.29, 1.82) is 0 Å². The van der Waals surface area contributed by atoms with Gasteiger partial charge in [-0.25, -0.2) is 13.1 Å². The van der Waals surface area contributed by atoms with Gasteiger partial charge < -0.3 is 4.98 Å². The van der Waals surface area contributed by atoms with E-state index in [1.807, 2.05) is 25.1 Å². The van der Waals surface area contributed by atoms with Crippen LogP contribution in [0, 0.1) is 6.92 Å². The van der Waals surface area contributed by atoms with Crippen molar-refractivity contribution in [1.82, 2.24) is 9.71 Å². The molecule has 0 radical (unpaired) electrons. The van der Waals surface area contributed by atoms with E-state index in [1.165, 1.54) is 0 Å². The van der Waals surface area contributed by atoms with Crippen molar-refractivity contribution in [2.75, 3.05) is 12.3 Å². The zero-order valence-electron chi connectivity index (χ0n) is 11.0. The van der Waals surface area contributed by atoms with Crippen LogP contribution in [0.3, 0.4) is 0 Å². The van der Waals surface area contributed by atoms with Gasteiger partial charge in [0, 0.05) is 28.2 Å². The maximum absolute atomic E-state index is 11.4. The maximum Gasteiger partial charge on any atom is 0.211 e. The van der Waals surface area contributed by atoms with E-state index in [0.717, 1.165) is 22.2 Å². The van der Waals surface area contributed by atoms with Crippen LogP contribution in [-0.4, -0.2) is 25.7 Å². The summed E-state index contributed by atoms with van der Waals surface area (Å²) in [5.74, 6) is 0.103. The summed E-state index contributed by atoms with van der Waals surface area (Å²) < 4.78 is 25.4. The molecule has 2 N–H and O–H groups in total. The van der Waals surface area contributed by atoms with Crippen molar-refractivity contribution < 1.29 is 8.42 Å². The summed E-state index contributed by atoms with van der Waals surface area (Å²) in [7, 11) is -3.13. The third kappa shape index (κ3) is 3.29. The van der Waals surface area contributed by atoms with E-state index in [9.17, 15) is 8.42 Å². The van der Waals surface area contributed by atoms with Gasteiger partial charge in [-0.3, -0.25) is 0 Å². The Bertz CT molecular complexity index is 692. The molecule has 19 heavy (non-hydrogen) atoms. The molecule has 2 aromatic rings. The predicted molar refractivity (Wildman–Crippen MR) is 79.2 cm³/mol. The number of H-pyrrole nitrogens is 1. The second kappa shape index (κ2) is 5.53. The number of aromatic amines is 1. The van der Waals surface area contributed by atoms with Gasteiger partial charge >= 0.3 is 0 Å². The molecule has 0 unspecified atom stereocenters. The van der Waals surface area contributed by atoms with Gasteiger partial charge in [-0.05, 0) is 44.0 Å². The van der Waals surface area contributed by atoms with Gasteiger partial charge in [0.15, 0.2) is 0 Å². The minimum absolute atomic E-state index is 0.103. The average molecular weight is 301 g/mol. The van der Waals surface area contributed by atoms with Crippen molar-refractivity contribution in [2.24, 2.45) is 0 Å². The molecule has 104 valence electrons. The molecule has 0 atom stereocenters. The first-order chi connectivity index (χ1) is 8.93. The van der Waals surface area contributed by atoms with E-state index in [4.69, 9.17) is 11.6 Å². The van der Waals surface area contributed by atoms with Gasteiger partial charge in [0.25, 0.3) is 0 Å². The summed E-state index contributed by atoms with van der Waals surface area (Å²) in [4.78, 5) is 3.28. The summed E-state index contributed by atoms with van der Waals surface area (Å²) in [5.41, 5.74) is 3.18. The first-order valence-electron chi connectivity index (χ1n) is 6.17. The van der Waals surface area contributed by atoms with Crippen LogP contribution in [0.15, 0.2) is 18.2 Å². The number of halogens is 1. The number of hydrogen-bond acceptors (Lipinski definition) is 2. The molecule has 0 amide bonds. The lowest BCUT2D eigenvalue weighted by atomic mass is 10.1. The lowest BCUT2D eigenvalue weighted by Gasteiger charge is -2.05. The first-order valence-corrected chi connectivity index (χ1v) is 8.20. The van der Waals surface area contributed by atoms with Crippen LogP contribution < -0.4 is 4.72 Å². The Morgan fingerprint density at radius 2 is 2.11 bits per heavy atom. The van der Waals surface area contributed by atoms with E-state index in [1.54, 1.807) is 6.92 Å². The Labute approximate surface area is 118 Å². The highest BCUT2D eigenvalue weighted by molar-refractivity contribution is 7.89. The summed E-state index contributed by atoms with van der Waals surface area (Å²) in [6.45, 7) is 4.01. The minimum atomic E-state index is -3.13. The van der Waals surface area contributed by atoms with Crippen LogP contribution in [0.4, 0.5) is 0 Å². The molecule has 1 heterocycles. The zero-order chi connectivity index (χ0) is 14.0. The van der Waals surface area contributed by atoms with E-state index < -0.39 is 10.0 Å². The van der Waals surface area contributed by atoms with E-state index in [2.05, 4.69) is 9.71 Å². The highest BCUT2D eigenvalue weighted by Gasteiger charge is 2.10. The summed E-state index contributed by atoms with van der Waals surface area (Å²) >= 11 is 6.00. The maximum atomic E-state index is 11.4. The van der Waals surface area contributed by atoms with Crippen molar-refractivity contribution in [3.63, 3.8) is 0 Å². The molecule has 6 heteroatoms. The SMILES string of the molecule is CCS(=O)(=O)NCCc1c(C)[nH]c2ccc(Cl)cc12. The zero-order valence-corrected chi connectivity index (χ0v) is 12.5. The van der Waals surface area contributed by atoms with Crippen molar-refractivity contribution in [3.8, 4) is 0 Å². The second-order valence-electron chi connectivity index (χ2n) is 4.47. The van der Waals surface area contributed by atoms with Crippen LogP contribution in [0.25, 0.3) is 10.9 Å². The molecule has 0 fully saturated rings. The van der Waals surface area contributed by atoms with Crippen molar-refractivity contribution >= 4 is 32.5 Å². The van der Waals surface area contributed by atoms with Gasteiger partial charge in [0.05, 0.1) is 5.75 Å². The van der Waals surface area contributed by atoms with Gasteiger partial charge in [-0.2, -0.15) is 0 Å². The number of benzene rings is 1. The second-order valence-corrected chi connectivity index (χ2v) is 7.00. The fraction of sp³-hybridized carbons (Fsp3) is 0.385. The molecule has 0 spiro atoms. The Morgan fingerprint density at radius 3 is 2.79 bits per heavy atom. The molecule has 2 rings (SSSR count). The Kier molecular flexibility index (Phi) is 4.18. The highest BCUT2D eigenvalue weighted by atomic mass is 35.5. The fourth-order valence-electron chi connectivity index (χ4n) is 2.11. The number of aromatic nitrogens is 1. The molecule has 0 aliphatic carbocycles. The van der Waals surface area contributed by atoms with Gasteiger partial charge in [0.1, 0.15) is 0 Å². The number of hydrogen-bond donors (Lipinski definition) is 2. The molecule has 4 nitrogen and oxygen atoms in total. The fourth-order valence-corrected chi connectivity index (χ4v) is 2.90. The van der Waals surface area contributed by atoms with Gasteiger partial charge in [0.2, 0.25) is 10.0 Å². The Hall–Kier alpha value is -1.04. The lowest BCUT2D eigenvalue weighted by Crippen LogP contribution is -2.27. The summed E-state index contributed by atoms with van der Waals surface area (Å²) in [6.07, 6.45) is 0.644. The molecule has 1 aromatic carbocycles. The normalized spacial score (nSPS) is 12.2. The smallest absolute Gasteiger partial charge is 0.211 e. The summed E-state index contributed by atoms with van der Waals surface area (Å²) in [6, 6.07) is 5.68. The third-order valence-electron chi connectivity index (χ3n) is 3.16. The van der Waals surface area contributed by atoms with Gasteiger partial charge in [-0.1, -0.05) is 11.6 Å². The van der Waals surface area contributed by atoms with Gasteiger partial charge in [-0.15, -0.1) is 0 Å². The number of nitrogens with one attached hydrogen (secondary N) is 2.